The van der Waals surface area contributed by atoms with Crippen molar-refractivity contribution in [2.75, 3.05) is 10.6 Å². The number of hydrogen-bond donors (Lipinski definition) is 3. The van der Waals surface area contributed by atoms with Gasteiger partial charge in [-0.1, -0.05) is 23.5 Å². The number of thiazole rings is 1. The number of rotatable bonds is 4. The molecule has 0 atom stereocenters. The van der Waals surface area contributed by atoms with Crippen LogP contribution >= 0.6 is 11.3 Å². The Kier molecular flexibility index (Phi) is 4.30. The summed E-state index contributed by atoms with van der Waals surface area (Å²) in [6, 6.07) is 12.9. The molecule has 3 N–H and O–H groups in total. The summed E-state index contributed by atoms with van der Waals surface area (Å²) in [4.78, 5) is 28.8. The highest BCUT2D eigenvalue weighted by Crippen LogP contribution is 2.27. The maximum atomic E-state index is 12.5. The molecule has 0 bridgehead atoms. The van der Waals surface area contributed by atoms with Crippen LogP contribution in [0.3, 0.4) is 0 Å². The number of aromatic nitrogens is 1. The summed E-state index contributed by atoms with van der Waals surface area (Å²) in [5.41, 5.74) is 3.06. The number of nitrogens with one attached hydrogen (secondary N) is 3. The Balaban J connectivity index is 1.46. The van der Waals surface area contributed by atoms with Gasteiger partial charge in [-0.25, -0.2) is 9.78 Å². The van der Waals surface area contributed by atoms with Crippen LogP contribution < -0.4 is 16.0 Å². The van der Waals surface area contributed by atoms with Crippen molar-refractivity contribution in [3.63, 3.8) is 0 Å². The molecule has 0 spiro atoms. The average molecular weight is 366 g/mol. The maximum absolute atomic E-state index is 12.5. The van der Waals surface area contributed by atoms with Crippen molar-refractivity contribution in [1.29, 1.82) is 0 Å². The molecule has 1 fully saturated rings. The summed E-state index contributed by atoms with van der Waals surface area (Å²) in [6.07, 6.45) is 2.05. The fourth-order valence-corrected chi connectivity index (χ4v) is 3.53. The Labute approximate surface area is 154 Å². The van der Waals surface area contributed by atoms with Crippen molar-refractivity contribution in [2.45, 2.75) is 25.8 Å². The summed E-state index contributed by atoms with van der Waals surface area (Å²) >= 11 is 1.44. The molecule has 0 unspecified atom stereocenters. The van der Waals surface area contributed by atoms with Crippen molar-refractivity contribution in [3.8, 4) is 0 Å². The largest absolute Gasteiger partial charge is 0.335 e. The molecular formula is C19H18N4O2S. The monoisotopic (exact) mass is 366 g/mol. The van der Waals surface area contributed by atoms with E-state index in [1.807, 2.05) is 25.1 Å². The fraction of sp³-hybridized carbons (Fsp3) is 0.211. The van der Waals surface area contributed by atoms with Crippen LogP contribution in [-0.2, 0) is 0 Å². The second-order valence-electron chi connectivity index (χ2n) is 6.40. The molecule has 2 aromatic carbocycles. The van der Waals surface area contributed by atoms with Crippen molar-refractivity contribution in [1.82, 2.24) is 10.3 Å². The van der Waals surface area contributed by atoms with Crippen LogP contribution in [0, 0.1) is 6.92 Å². The standard InChI is InChI=1S/C19H18N4O2S/c1-11-5-8-15-16(9-11)26-19(22-15)23-17(24)12-3-2-4-14(10-12)21-18(25)20-13-6-7-13/h2-5,8-10,13H,6-7H2,1H3,(H2,20,21,25)(H,22,23,24). The lowest BCUT2D eigenvalue weighted by Gasteiger charge is -2.08. The van der Waals surface area contributed by atoms with Crippen LogP contribution in [0.25, 0.3) is 10.2 Å². The van der Waals surface area contributed by atoms with Crippen LogP contribution in [0.5, 0.6) is 0 Å². The van der Waals surface area contributed by atoms with Crippen LogP contribution in [0.2, 0.25) is 0 Å². The van der Waals surface area contributed by atoms with E-state index >= 15 is 0 Å². The molecule has 3 amide bonds. The lowest BCUT2D eigenvalue weighted by Crippen LogP contribution is -2.30. The van der Waals surface area contributed by atoms with Crippen LogP contribution in [0.15, 0.2) is 42.5 Å². The van der Waals surface area contributed by atoms with E-state index in [2.05, 4.69) is 20.9 Å². The molecule has 1 aliphatic rings. The second-order valence-corrected chi connectivity index (χ2v) is 7.43. The molecule has 132 valence electrons. The van der Waals surface area contributed by atoms with Crippen molar-refractivity contribution in [2.24, 2.45) is 0 Å². The number of nitrogens with zero attached hydrogens (tertiary/aromatic N) is 1. The molecule has 3 aromatic rings. The van der Waals surface area contributed by atoms with E-state index in [0.29, 0.717) is 16.4 Å². The topological polar surface area (TPSA) is 83.1 Å². The van der Waals surface area contributed by atoms with E-state index in [9.17, 15) is 9.59 Å². The first-order chi connectivity index (χ1) is 12.6. The molecule has 1 saturated carbocycles. The maximum Gasteiger partial charge on any atom is 0.319 e. The van der Waals surface area contributed by atoms with E-state index in [1.54, 1.807) is 24.3 Å². The van der Waals surface area contributed by atoms with Gasteiger partial charge in [0.2, 0.25) is 0 Å². The molecule has 1 aliphatic carbocycles. The van der Waals surface area contributed by atoms with Gasteiger partial charge in [-0.05, 0) is 55.7 Å². The van der Waals surface area contributed by atoms with Crippen LogP contribution in [0.4, 0.5) is 15.6 Å². The number of aryl methyl sites for hydroxylation is 1. The zero-order chi connectivity index (χ0) is 18.1. The SMILES string of the molecule is Cc1ccc2nc(NC(=O)c3cccc(NC(=O)NC4CC4)c3)sc2c1. The quantitative estimate of drug-likeness (QED) is 0.649. The number of fused-ring (bicyclic) bond motifs is 1. The predicted molar refractivity (Wildman–Crippen MR) is 104 cm³/mol. The molecule has 0 saturated heterocycles. The van der Waals surface area contributed by atoms with Crippen molar-refractivity contribution < 1.29 is 9.59 Å². The molecule has 26 heavy (non-hydrogen) atoms. The third-order valence-corrected chi connectivity index (χ3v) is 4.99. The first-order valence-corrected chi connectivity index (χ1v) is 9.24. The number of carbonyl (C=O) groups excluding carboxylic acids is 2. The molecular weight excluding hydrogens is 348 g/mol. The summed E-state index contributed by atoms with van der Waals surface area (Å²) in [5.74, 6) is -0.257. The number of carbonyl (C=O) groups is 2. The minimum atomic E-state index is -0.257. The molecule has 1 aromatic heterocycles. The van der Waals surface area contributed by atoms with E-state index in [-0.39, 0.29) is 18.0 Å². The van der Waals surface area contributed by atoms with Crippen LogP contribution in [-0.4, -0.2) is 23.0 Å². The van der Waals surface area contributed by atoms with Gasteiger partial charge in [-0.3, -0.25) is 10.1 Å². The Morgan fingerprint density at radius 3 is 2.77 bits per heavy atom. The molecule has 4 rings (SSSR count). The van der Waals surface area contributed by atoms with Gasteiger partial charge in [0.1, 0.15) is 0 Å². The molecule has 1 heterocycles. The highest BCUT2D eigenvalue weighted by Gasteiger charge is 2.23. The normalized spacial score (nSPS) is 13.4. The summed E-state index contributed by atoms with van der Waals surface area (Å²) < 4.78 is 1.03. The lowest BCUT2D eigenvalue weighted by atomic mass is 10.2. The number of benzene rings is 2. The Bertz CT molecular complexity index is 994. The summed E-state index contributed by atoms with van der Waals surface area (Å²) in [7, 11) is 0. The van der Waals surface area contributed by atoms with Crippen molar-refractivity contribution in [3.05, 3.63) is 53.6 Å². The summed E-state index contributed by atoms with van der Waals surface area (Å²) in [6.45, 7) is 2.02. The van der Waals surface area contributed by atoms with Gasteiger partial charge in [0.15, 0.2) is 5.13 Å². The summed E-state index contributed by atoms with van der Waals surface area (Å²) in [5, 5.41) is 8.99. The van der Waals surface area contributed by atoms with Crippen molar-refractivity contribution >= 4 is 44.3 Å². The number of urea groups is 1. The third-order valence-electron chi connectivity index (χ3n) is 4.06. The van der Waals surface area contributed by atoms with Gasteiger partial charge in [0.05, 0.1) is 10.2 Å². The first-order valence-electron chi connectivity index (χ1n) is 8.43. The van der Waals surface area contributed by atoms with Gasteiger partial charge >= 0.3 is 6.03 Å². The smallest absolute Gasteiger partial charge is 0.319 e. The highest BCUT2D eigenvalue weighted by atomic mass is 32.1. The lowest BCUT2D eigenvalue weighted by molar-refractivity contribution is 0.102. The second kappa shape index (κ2) is 6.76. The zero-order valence-electron chi connectivity index (χ0n) is 14.2. The third kappa shape index (κ3) is 3.83. The van der Waals surface area contributed by atoms with E-state index in [4.69, 9.17) is 0 Å². The Morgan fingerprint density at radius 2 is 1.96 bits per heavy atom. The minimum Gasteiger partial charge on any atom is -0.335 e. The fourth-order valence-electron chi connectivity index (χ4n) is 2.57. The first kappa shape index (κ1) is 16.5. The van der Waals surface area contributed by atoms with Gasteiger partial charge in [0, 0.05) is 17.3 Å². The molecule has 6 nitrogen and oxygen atoms in total. The molecule has 0 aliphatic heterocycles. The number of anilines is 2. The number of hydrogen-bond acceptors (Lipinski definition) is 4. The number of amides is 3. The van der Waals surface area contributed by atoms with Gasteiger partial charge in [-0.15, -0.1) is 0 Å². The Morgan fingerprint density at radius 1 is 1.12 bits per heavy atom. The Hall–Kier alpha value is -2.93. The van der Waals surface area contributed by atoms with E-state index in [1.165, 1.54) is 11.3 Å². The van der Waals surface area contributed by atoms with Gasteiger partial charge < -0.3 is 10.6 Å². The van der Waals surface area contributed by atoms with E-state index < -0.39 is 0 Å². The van der Waals surface area contributed by atoms with Crippen LogP contribution in [0.1, 0.15) is 28.8 Å². The molecule has 0 radical (unpaired) electrons. The van der Waals surface area contributed by atoms with Gasteiger partial charge in [-0.2, -0.15) is 0 Å². The zero-order valence-corrected chi connectivity index (χ0v) is 15.0. The minimum absolute atomic E-state index is 0.244. The average Bonchev–Trinajstić information content (AvgIpc) is 3.32. The molecule has 7 heteroatoms. The van der Waals surface area contributed by atoms with Gasteiger partial charge in [0.25, 0.3) is 5.91 Å². The van der Waals surface area contributed by atoms with E-state index in [0.717, 1.165) is 28.6 Å². The predicted octanol–water partition coefficient (Wildman–Crippen LogP) is 4.14. The highest BCUT2D eigenvalue weighted by molar-refractivity contribution is 7.22.